The van der Waals surface area contributed by atoms with Crippen LogP contribution in [0, 0.1) is 0 Å². The second-order valence-corrected chi connectivity index (χ2v) is 3.60. The van der Waals surface area contributed by atoms with Gasteiger partial charge in [-0.3, -0.25) is 4.79 Å². The maximum atomic E-state index is 11.6. The van der Waals surface area contributed by atoms with Crippen LogP contribution in [0.3, 0.4) is 0 Å². The summed E-state index contributed by atoms with van der Waals surface area (Å²) in [6, 6.07) is 8.60. The third-order valence-electron chi connectivity index (χ3n) is 1.50. The maximum absolute atomic E-state index is 11.6. The van der Waals surface area contributed by atoms with Gasteiger partial charge in [0.05, 0.1) is 0 Å². The molecule has 0 radical (unpaired) electrons. The van der Waals surface area contributed by atoms with Crippen molar-refractivity contribution in [3.05, 3.63) is 35.9 Å². The van der Waals surface area contributed by atoms with E-state index in [0.29, 0.717) is 5.56 Å². The highest BCUT2D eigenvalue weighted by Crippen LogP contribution is 2.06. The molecule has 0 N–H and O–H groups in total. The standard InChI is InChI=1S/C9H9NO3P2/c11-7(6-4-2-1-3-5-6)8(14)10-13-9(12)15/h1-5H,14-15H2. The van der Waals surface area contributed by atoms with Crippen LogP contribution in [0.1, 0.15) is 10.4 Å². The van der Waals surface area contributed by atoms with E-state index in [-0.39, 0.29) is 11.2 Å². The molecule has 0 heterocycles. The van der Waals surface area contributed by atoms with E-state index in [1.807, 2.05) is 0 Å². The molecule has 0 aliphatic carbocycles. The Morgan fingerprint density at radius 3 is 2.27 bits per heavy atom. The minimum Gasteiger partial charge on any atom is -0.313 e. The predicted octanol–water partition coefficient (Wildman–Crippen LogP) is 2.07. The van der Waals surface area contributed by atoms with Gasteiger partial charge in [0.25, 0.3) is 0 Å². The minimum absolute atomic E-state index is 0.0528. The topological polar surface area (TPSA) is 55.7 Å². The van der Waals surface area contributed by atoms with Crippen molar-refractivity contribution in [2.75, 3.05) is 0 Å². The summed E-state index contributed by atoms with van der Waals surface area (Å²) in [5, 5.41) is 3.36. The molecule has 0 aromatic heterocycles. The van der Waals surface area contributed by atoms with Gasteiger partial charge in [0, 0.05) is 5.56 Å². The first kappa shape index (κ1) is 12.0. The highest BCUT2D eigenvalue weighted by Gasteiger charge is 2.09. The Morgan fingerprint density at radius 2 is 1.73 bits per heavy atom. The molecule has 1 aromatic carbocycles. The van der Waals surface area contributed by atoms with E-state index in [1.165, 1.54) is 0 Å². The molecule has 1 rings (SSSR count). The lowest BCUT2D eigenvalue weighted by atomic mass is 10.1. The molecule has 0 saturated carbocycles. The number of benzene rings is 1. The molecular formula is C9H9NO3P2. The number of ketones is 1. The zero-order valence-corrected chi connectivity index (χ0v) is 10.0. The molecule has 78 valence electrons. The number of rotatable bonds is 3. The predicted molar refractivity (Wildman–Crippen MR) is 64.1 cm³/mol. The van der Waals surface area contributed by atoms with Crippen molar-refractivity contribution in [1.29, 1.82) is 0 Å². The zero-order chi connectivity index (χ0) is 11.3. The summed E-state index contributed by atoms with van der Waals surface area (Å²) < 4.78 is 0. The van der Waals surface area contributed by atoms with Gasteiger partial charge in [0.1, 0.15) is 5.45 Å². The Labute approximate surface area is 91.5 Å². The smallest absolute Gasteiger partial charge is 0.313 e. The minimum atomic E-state index is -0.643. The largest absolute Gasteiger partial charge is 0.347 e. The molecule has 2 atom stereocenters. The molecule has 0 bridgehead atoms. The third-order valence-corrected chi connectivity index (χ3v) is 1.98. The van der Waals surface area contributed by atoms with Gasteiger partial charge >= 0.3 is 5.71 Å². The lowest BCUT2D eigenvalue weighted by Gasteiger charge is -1.98. The van der Waals surface area contributed by atoms with Crippen LogP contribution in [0.25, 0.3) is 0 Å². The summed E-state index contributed by atoms with van der Waals surface area (Å²) in [4.78, 5) is 26.3. The van der Waals surface area contributed by atoms with E-state index < -0.39 is 5.71 Å². The molecule has 0 aliphatic heterocycles. The van der Waals surface area contributed by atoms with Crippen LogP contribution in [-0.4, -0.2) is 16.9 Å². The zero-order valence-electron chi connectivity index (χ0n) is 7.71. The summed E-state index contributed by atoms with van der Waals surface area (Å²) in [5.74, 6) is -0.299. The molecular weight excluding hydrogens is 232 g/mol. The van der Waals surface area contributed by atoms with Gasteiger partial charge in [-0.05, 0) is 9.24 Å². The number of carbonyl (C=O) groups is 2. The monoisotopic (exact) mass is 241 g/mol. The van der Waals surface area contributed by atoms with Crippen molar-refractivity contribution in [1.82, 2.24) is 0 Å². The Bertz CT molecular complexity index is 403. The van der Waals surface area contributed by atoms with Crippen LogP contribution < -0.4 is 0 Å². The SMILES string of the molecule is O=C(P)ON=C(P)C(=O)c1ccccc1. The lowest BCUT2D eigenvalue weighted by Crippen LogP contribution is -2.08. The molecule has 6 heteroatoms. The number of nitrogens with zero attached hydrogens (tertiary/aromatic N) is 1. The first-order chi connectivity index (χ1) is 7.11. The highest BCUT2D eigenvalue weighted by molar-refractivity contribution is 7.46. The van der Waals surface area contributed by atoms with Crippen molar-refractivity contribution in [2.45, 2.75) is 0 Å². The summed E-state index contributed by atoms with van der Waals surface area (Å²) in [6.07, 6.45) is 0. The van der Waals surface area contributed by atoms with Gasteiger partial charge in [0.15, 0.2) is 0 Å². The third kappa shape index (κ3) is 3.86. The molecule has 0 amide bonds. The first-order valence-electron chi connectivity index (χ1n) is 4.01. The number of hydrogen-bond donors (Lipinski definition) is 0. The van der Waals surface area contributed by atoms with E-state index in [4.69, 9.17) is 0 Å². The van der Waals surface area contributed by atoms with Crippen LogP contribution in [0.15, 0.2) is 35.5 Å². The van der Waals surface area contributed by atoms with Gasteiger partial charge < -0.3 is 4.84 Å². The Balaban J connectivity index is 2.77. The Hall–Kier alpha value is -1.11. The fourth-order valence-electron chi connectivity index (χ4n) is 0.873. The van der Waals surface area contributed by atoms with Crippen molar-refractivity contribution >= 4 is 35.4 Å². The molecule has 2 unspecified atom stereocenters. The Morgan fingerprint density at radius 1 is 1.13 bits per heavy atom. The van der Waals surface area contributed by atoms with Crippen LogP contribution in [0.5, 0.6) is 0 Å². The van der Waals surface area contributed by atoms with Crippen molar-refractivity contribution in [2.24, 2.45) is 5.16 Å². The lowest BCUT2D eigenvalue weighted by molar-refractivity contribution is 0.106. The fraction of sp³-hybridized carbons (Fsp3) is 0. The normalized spacial score (nSPS) is 10.9. The highest BCUT2D eigenvalue weighted by atomic mass is 31.0. The quantitative estimate of drug-likeness (QED) is 0.267. The van der Waals surface area contributed by atoms with Gasteiger partial charge in [-0.2, -0.15) is 0 Å². The molecule has 15 heavy (non-hydrogen) atoms. The van der Waals surface area contributed by atoms with E-state index in [9.17, 15) is 9.59 Å². The van der Waals surface area contributed by atoms with Gasteiger partial charge in [-0.1, -0.05) is 44.7 Å². The van der Waals surface area contributed by atoms with Crippen LogP contribution in [-0.2, 0) is 4.84 Å². The van der Waals surface area contributed by atoms with Crippen molar-refractivity contribution < 1.29 is 14.4 Å². The Kier molecular flexibility index (Phi) is 4.54. The van der Waals surface area contributed by atoms with Crippen LogP contribution >= 0.6 is 18.5 Å². The van der Waals surface area contributed by atoms with E-state index >= 15 is 0 Å². The number of carbonyl (C=O) groups excluding carboxylic acids is 2. The van der Waals surface area contributed by atoms with Gasteiger partial charge in [-0.15, -0.1) is 0 Å². The van der Waals surface area contributed by atoms with Crippen molar-refractivity contribution in [3.8, 4) is 0 Å². The van der Waals surface area contributed by atoms with Crippen molar-refractivity contribution in [3.63, 3.8) is 0 Å². The number of Topliss-reactive ketones (excluding diaryl/α,β-unsaturated/α-hetero) is 1. The second-order valence-electron chi connectivity index (χ2n) is 2.58. The van der Waals surface area contributed by atoms with Gasteiger partial charge in [-0.25, -0.2) is 4.79 Å². The summed E-state index contributed by atoms with van der Waals surface area (Å²) in [6.45, 7) is 0. The average molecular weight is 241 g/mol. The molecule has 1 aromatic rings. The second kappa shape index (κ2) is 5.69. The molecule has 0 spiro atoms. The summed E-state index contributed by atoms with van der Waals surface area (Å²) in [7, 11) is 3.92. The summed E-state index contributed by atoms with van der Waals surface area (Å²) in [5.41, 5.74) is -0.0983. The average Bonchev–Trinajstić information content (AvgIpc) is 2.26. The first-order valence-corrected chi connectivity index (χ1v) is 5.16. The fourth-order valence-corrected chi connectivity index (χ4v) is 1.15. The summed E-state index contributed by atoms with van der Waals surface area (Å²) >= 11 is 0. The molecule has 0 aliphatic rings. The van der Waals surface area contributed by atoms with Gasteiger partial charge in [0.2, 0.25) is 5.78 Å². The van der Waals surface area contributed by atoms with E-state index in [1.54, 1.807) is 39.6 Å². The maximum Gasteiger partial charge on any atom is 0.347 e. The van der Waals surface area contributed by atoms with E-state index in [2.05, 4.69) is 19.2 Å². The number of hydrogen-bond acceptors (Lipinski definition) is 4. The number of oxime groups is 1. The van der Waals surface area contributed by atoms with E-state index in [0.717, 1.165) is 0 Å². The van der Waals surface area contributed by atoms with Crippen LogP contribution in [0.4, 0.5) is 4.79 Å². The molecule has 0 saturated heterocycles. The molecule has 4 nitrogen and oxygen atoms in total. The molecule has 0 fully saturated rings. The van der Waals surface area contributed by atoms with Crippen LogP contribution in [0.2, 0.25) is 0 Å².